The third-order valence-corrected chi connectivity index (χ3v) is 9.05. The molecule has 0 spiro atoms. The van der Waals surface area contributed by atoms with Crippen molar-refractivity contribution in [1.29, 1.82) is 0 Å². The number of hydrogen-bond acceptors (Lipinski definition) is 6. The second-order valence-corrected chi connectivity index (χ2v) is 11.5. The number of hydrogen-bond donors (Lipinski definition) is 1. The molecule has 3 saturated heterocycles. The summed E-state index contributed by atoms with van der Waals surface area (Å²) in [6.45, 7) is 7.00. The molecule has 0 bridgehead atoms. The quantitative estimate of drug-likeness (QED) is 0.489. The fraction of sp³-hybridized carbons (Fsp3) is 0.690. The summed E-state index contributed by atoms with van der Waals surface area (Å²) >= 11 is 0. The summed E-state index contributed by atoms with van der Waals surface area (Å²) in [6.07, 6.45) is 5.37. The molecule has 1 saturated carbocycles. The number of benzene rings is 1. The van der Waals surface area contributed by atoms with Crippen molar-refractivity contribution in [3.63, 3.8) is 0 Å². The van der Waals surface area contributed by atoms with Crippen molar-refractivity contribution in [3.05, 3.63) is 35.4 Å². The lowest BCUT2D eigenvalue weighted by molar-refractivity contribution is -0.139. The van der Waals surface area contributed by atoms with Crippen LogP contribution >= 0.6 is 54.0 Å². The van der Waals surface area contributed by atoms with Gasteiger partial charge in [0.2, 0.25) is 5.91 Å². The normalized spacial score (nSPS) is 25.4. The SMILES string of the molecule is CO[C@H]1CN(C(=O)[C@@H](NC(=O)c2ccc(C3CCN(C(C)C)CC3)cc2)C2CCCC2)[C@@H]2C(=O)CO[C@H]12.S.S.S.S. The van der Waals surface area contributed by atoms with Crippen molar-refractivity contribution in [1.82, 2.24) is 15.1 Å². The van der Waals surface area contributed by atoms with E-state index in [1.807, 2.05) is 12.1 Å². The maximum atomic E-state index is 13.8. The minimum Gasteiger partial charge on any atom is -0.377 e. The van der Waals surface area contributed by atoms with Crippen LogP contribution in [-0.2, 0) is 19.1 Å². The van der Waals surface area contributed by atoms with Crippen LogP contribution in [-0.4, -0.2) is 91.1 Å². The van der Waals surface area contributed by atoms with E-state index in [2.05, 4.69) is 36.2 Å². The van der Waals surface area contributed by atoms with E-state index in [0.29, 0.717) is 24.1 Å². The number of nitrogens with one attached hydrogen (secondary N) is 1. The van der Waals surface area contributed by atoms with Crippen LogP contribution in [0.15, 0.2) is 24.3 Å². The van der Waals surface area contributed by atoms with E-state index in [1.54, 1.807) is 12.0 Å². The summed E-state index contributed by atoms with van der Waals surface area (Å²) in [6, 6.07) is 7.21. The Morgan fingerprint density at radius 3 is 2.15 bits per heavy atom. The monoisotopic (exact) mass is 647 g/mol. The molecule has 0 unspecified atom stereocenters. The molecule has 41 heavy (non-hydrogen) atoms. The molecule has 8 nitrogen and oxygen atoms in total. The Bertz CT molecular complexity index is 1000. The number of carbonyl (C=O) groups is 3. The van der Waals surface area contributed by atoms with Crippen LogP contribution in [0.2, 0.25) is 0 Å². The van der Waals surface area contributed by atoms with Gasteiger partial charge in [-0.15, -0.1) is 0 Å². The van der Waals surface area contributed by atoms with Gasteiger partial charge in [-0.05, 0) is 82.2 Å². The first-order chi connectivity index (χ1) is 17.9. The fourth-order valence-electron chi connectivity index (χ4n) is 6.78. The molecule has 2 amide bonds. The summed E-state index contributed by atoms with van der Waals surface area (Å²) in [5.41, 5.74) is 1.84. The van der Waals surface area contributed by atoms with Gasteiger partial charge in [-0.2, -0.15) is 54.0 Å². The zero-order valence-corrected chi connectivity index (χ0v) is 28.4. The zero-order valence-electron chi connectivity index (χ0n) is 24.4. The number of ether oxygens (including phenoxy) is 2. The van der Waals surface area contributed by atoms with Gasteiger partial charge < -0.3 is 24.6 Å². The predicted octanol–water partition coefficient (Wildman–Crippen LogP) is 3.21. The number of carbonyl (C=O) groups excluding carboxylic acids is 3. The van der Waals surface area contributed by atoms with Gasteiger partial charge in [0.25, 0.3) is 5.91 Å². The summed E-state index contributed by atoms with van der Waals surface area (Å²) in [4.78, 5) is 43.9. The molecule has 4 fully saturated rings. The van der Waals surface area contributed by atoms with Gasteiger partial charge in [-0.25, -0.2) is 0 Å². The molecule has 5 rings (SSSR count). The molecule has 1 aliphatic carbocycles. The van der Waals surface area contributed by atoms with Gasteiger partial charge in [0.15, 0.2) is 5.78 Å². The van der Waals surface area contributed by atoms with Crippen LogP contribution in [0.1, 0.15) is 74.2 Å². The number of Topliss-reactive ketones (excluding diaryl/α,β-unsaturated/α-hetero) is 1. The topological polar surface area (TPSA) is 88.2 Å². The number of methoxy groups -OCH3 is 1. The highest BCUT2D eigenvalue weighted by atomic mass is 32.1. The highest BCUT2D eigenvalue weighted by Crippen LogP contribution is 2.34. The van der Waals surface area contributed by atoms with Crippen molar-refractivity contribution < 1.29 is 23.9 Å². The molecule has 12 heteroatoms. The molecule has 3 heterocycles. The average molecular weight is 648 g/mol. The summed E-state index contributed by atoms with van der Waals surface area (Å²) in [5.74, 6) is 0.0631. The van der Waals surface area contributed by atoms with E-state index in [4.69, 9.17) is 9.47 Å². The Labute approximate surface area is 272 Å². The lowest BCUT2D eigenvalue weighted by atomic mass is 9.88. The Kier molecular flexibility index (Phi) is 15.6. The number of ketones is 1. The van der Waals surface area contributed by atoms with Crippen LogP contribution in [0.3, 0.4) is 0 Å². The van der Waals surface area contributed by atoms with Gasteiger partial charge in [-0.3, -0.25) is 14.4 Å². The van der Waals surface area contributed by atoms with Gasteiger partial charge in [-0.1, -0.05) is 25.0 Å². The third-order valence-electron chi connectivity index (χ3n) is 9.05. The van der Waals surface area contributed by atoms with Crippen LogP contribution < -0.4 is 5.32 Å². The van der Waals surface area contributed by atoms with Crippen LogP contribution in [0.4, 0.5) is 0 Å². The van der Waals surface area contributed by atoms with Gasteiger partial charge >= 0.3 is 0 Å². The van der Waals surface area contributed by atoms with Crippen molar-refractivity contribution in [2.45, 2.75) is 88.6 Å². The first-order valence-corrected chi connectivity index (χ1v) is 14.0. The summed E-state index contributed by atoms with van der Waals surface area (Å²) in [5, 5.41) is 3.07. The maximum absolute atomic E-state index is 13.8. The molecule has 1 N–H and O–H groups in total. The van der Waals surface area contributed by atoms with Crippen LogP contribution in [0, 0.1) is 5.92 Å². The predicted molar refractivity (Wildman–Crippen MR) is 181 cm³/mol. The molecule has 234 valence electrons. The largest absolute Gasteiger partial charge is 0.377 e. The second kappa shape index (κ2) is 16.8. The second-order valence-electron chi connectivity index (χ2n) is 11.5. The number of nitrogens with zero attached hydrogens (tertiary/aromatic N) is 2. The van der Waals surface area contributed by atoms with Gasteiger partial charge in [0.05, 0.1) is 6.54 Å². The summed E-state index contributed by atoms with van der Waals surface area (Å²) in [7, 11) is 1.58. The van der Waals surface area contributed by atoms with Crippen LogP contribution in [0.5, 0.6) is 0 Å². The first-order valence-electron chi connectivity index (χ1n) is 14.0. The molecule has 0 radical (unpaired) electrons. The van der Waals surface area contributed by atoms with E-state index < -0.39 is 18.2 Å². The zero-order chi connectivity index (χ0) is 26.1. The molecule has 4 atom stereocenters. The minimum atomic E-state index is -0.653. The molecular weight excluding hydrogens is 599 g/mol. The minimum absolute atomic E-state index is 0. The molecule has 0 aromatic heterocycles. The third kappa shape index (κ3) is 8.19. The highest BCUT2D eigenvalue weighted by Gasteiger charge is 2.54. The number of piperidine rings is 1. The van der Waals surface area contributed by atoms with E-state index in [9.17, 15) is 14.4 Å². The Morgan fingerprint density at radius 2 is 1.59 bits per heavy atom. The van der Waals surface area contributed by atoms with Crippen LogP contribution in [0.25, 0.3) is 0 Å². The molecule has 1 aromatic rings. The molecular formula is C29H49N3O5S4. The van der Waals surface area contributed by atoms with Gasteiger partial charge in [0.1, 0.15) is 30.9 Å². The smallest absolute Gasteiger partial charge is 0.251 e. The van der Waals surface area contributed by atoms with Crippen molar-refractivity contribution in [2.75, 3.05) is 33.4 Å². The molecule has 4 aliphatic rings. The lowest BCUT2D eigenvalue weighted by Crippen LogP contribution is -2.54. The Hall–Kier alpha value is -0.890. The lowest BCUT2D eigenvalue weighted by Gasteiger charge is -2.34. The van der Waals surface area contributed by atoms with Crippen molar-refractivity contribution >= 4 is 71.6 Å². The van der Waals surface area contributed by atoms with E-state index >= 15 is 0 Å². The van der Waals surface area contributed by atoms with E-state index in [1.165, 1.54) is 5.56 Å². The Balaban J connectivity index is 0.00000210. The van der Waals surface area contributed by atoms with Crippen molar-refractivity contribution in [2.24, 2.45) is 5.92 Å². The van der Waals surface area contributed by atoms with Gasteiger partial charge in [0, 0.05) is 18.7 Å². The summed E-state index contributed by atoms with van der Waals surface area (Å²) < 4.78 is 11.2. The van der Waals surface area contributed by atoms with E-state index in [0.717, 1.165) is 51.6 Å². The van der Waals surface area contributed by atoms with Crippen molar-refractivity contribution in [3.8, 4) is 0 Å². The number of fused-ring (bicyclic) bond motifs is 1. The molecule has 3 aliphatic heterocycles. The average Bonchev–Trinajstić information content (AvgIpc) is 3.66. The highest BCUT2D eigenvalue weighted by molar-refractivity contribution is 7.59. The number of likely N-dealkylation sites (tertiary alicyclic amines) is 2. The first kappa shape index (κ1) is 38.1. The maximum Gasteiger partial charge on any atom is 0.251 e. The number of amides is 2. The fourth-order valence-corrected chi connectivity index (χ4v) is 6.78. The Morgan fingerprint density at radius 1 is 0.976 bits per heavy atom. The standard InChI is InChI=1S/C29H41N3O5.4H2S/c1-18(2)31-14-12-20(13-15-31)19-8-10-22(11-9-19)28(34)30-25(21-6-4-5-7-21)29(35)32-16-24(36-3)27-26(32)23(33)17-37-27;;;;/h8-11,18,20-21,24-27H,4-7,12-17H2,1-3H3,(H,30,34);4*1H2/t24-,25-,26+,27+;;;;/m0..../s1. The number of rotatable bonds is 7. The molecule has 1 aromatic carbocycles. The van der Waals surface area contributed by atoms with E-state index in [-0.39, 0.29) is 90.2 Å².